The van der Waals surface area contributed by atoms with Gasteiger partial charge in [-0.05, 0) is 60.5 Å². The topological polar surface area (TPSA) is 145 Å². The molecule has 0 amide bonds. The summed E-state index contributed by atoms with van der Waals surface area (Å²) in [4.78, 5) is 11.1. The first-order valence-electron chi connectivity index (χ1n) is 9.81. The lowest BCUT2D eigenvalue weighted by atomic mass is 10.1. The first-order chi connectivity index (χ1) is 14.1. The highest BCUT2D eigenvalue weighted by molar-refractivity contribution is 5.80. The van der Waals surface area contributed by atoms with E-state index in [1.165, 1.54) is 43.3 Å². The number of hydrogen-bond acceptors (Lipinski definition) is 8. The van der Waals surface area contributed by atoms with Crippen LogP contribution in [0.4, 0.5) is 17.3 Å². The summed E-state index contributed by atoms with van der Waals surface area (Å²) in [6, 6.07) is 10.3. The Kier molecular flexibility index (Phi) is 7.04. The molecule has 154 valence electrons. The lowest BCUT2D eigenvalue weighted by Crippen LogP contribution is -2.18. The molecule has 0 saturated carbocycles. The van der Waals surface area contributed by atoms with Crippen molar-refractivity contribution in [2.75, 3.05) is 30.0 Å². The van der Waals surface area contributed by atoms with Gasteiger partial charge in [0.15, 0.2) is 5.82 Å². The molecule has 1 aliphatic heterocycles. The van der Waals surface area contributed by atoms with E-state index < -0.39 is 0 Å². The predicted octanol–water partition coefficient (Wildman–Crippen LogP) is 1.78. The van der Waals surface area contributed by atoms with Crippen LogP contribution in [-0.4, -0.2) is 29.2 Å². The zero-order valence-corrected chi connectivity index (χ0v) is 16.6. The van der Waals surface area contributed by atoms with Gasteiger partial charge in [0.2, 0.25) is 0 Å². The van der Waals surface area contributed by atoms with E-state index in [1.54, 1.807) is 12.3 Å². The minimum absolute atomic E-state index is 0.338. The highest BCUT2D eigenvalue weighted by atomic mass is 15.3. The number of nitrogen functional groups attached to an aromatic ring is 3. The fourth-order valence-corrected chi connectivity index (χ4v) is 3.55. The second-order valence-corrected chi connectivity index (χ2v) is 7.30. The molecule has 9 N–H and O–H groups in total. The van der Waals surface area contributed by atoms with Crippen molar-refractivity contribution in [3.63, 3.8) is 0 Å². The third kappa shape index (κ3) is 5.69. The van der Waals surface area contributed by atoms with Crippen LogP contribution in [0.3, 0.4) is 0 Å². The average Bonchev–Trinajstić information content (AvgIpc) is 3.22. The van der Waals surface area contributed by atoms with E-state index in [-0.39, 0.29) is 0 Å². The van der Waals surface area contributed by atoms with E-state index in [4.69, 9.17) is 23.0 Å². The number of aliphatic imine (C=N–C) groups is 1. The van der Waals surface area contributed by atoms with Crippen molar-refractivity contribution in [3.8, 4) is 0 Å². The van der Waals surface area contributed by atoms with Crippen LogP contribution in [-0.2, 0) is 19.5 Å². The summed E-state index contributed by atoms with van der Waals surface area (Å²) in [7, 11) is 0. The third-order valence-electron chi connectivity index (χ3n) is 5.04. The predicted molar refractivity (Wildman–Crippen MR) is 120 cm³/mol. The van der Waals surface area contributed by atoms with Gasteiger partial charge in [0, 0.05) is 19.2 Å². The average molecular weight is 395 g/mol. The number of pyridine rings is 1. The fraction of sp³-hybridized carbons (Fsp3) is 0.333. The van der Waals surface area contributed by atoms with Crippen molar-refractivity contribution in [3.05, 3.63) is 58.8 Å². The molecular formula is C21H30N8. The van der Waals surface area contributed by atoms with Crippen molar-refractivity contribution in [1.29, 1.82) is 0 Å². The number of benzene rings is 1. The van der Waals surface area contributed by atoms with Crippen LogP contribution >= 0.6 is 0 Å². The van der Waals surface area contributed by atoms with E-state index in [1.807, 2.05) is 0 Å². The molecule has 8 heteroatoms. The molecule has 0 unspecified atom stereocenters. The first kappa shape index (κ1) is 20.6. The van der Waals surface area contributed by atoms with E-state index in [9.17, 15) is 0 Å². The molecule has 8 nitrogen and oxygen atoms in total. The largest absolute Gasteiger partial charge is 0.404 e. The first-order valence-corrected chi connectivity index (χ1v) is 9.81. The molecular weight excluding hydrogens is 364 g/mol. The molecule has 0 atom stereocenters. The van der Waals surface area contributed by atoms with E-state index in [0.29, 0.717) is 30.3 Å². The van der Waals surface area contributed by atoms with Gasteiger partial charge in [-0.15, -0.1) is 0 Å². The number of likely N-dealkylation sites (tertiary alicyclic amines) is 1. The van der Waals surface area contributed by atoms with Crippen molar-refractivity contribution >= 4 is 23.5 Å². The molecule has 29 heavy (non-hydrogen) atoms. The van der Waals surface area contributed by atoms with Crippen LogP contribution in [0.15, 0.2) is 47.1 Å². The quantitative estimate of drug-likeness (QED) is 0.261. The Morgan fingerprint density at radius 2 is 1.93 bits per heavy atom. The van der Waals surface area contributed by atoms with Gasteiger partial charge in [0.05, 0.1) is 12.2 Å². The Hall–Kier alpha value is -3.10. The van der Waals surface area contributed by atoms with Crippen molar-refractivity contribution in [1.82, 2.24) is 9.88 Å². The van der Waals surface area contributed by atoms with Crippen LogP contribution < -0.4 is 28.5 Å². The summed E-state index contributed by atoms with van der Waals surface area (Å²) in [5, 5.41) is 0. The number of nitrogens with zero attached hydrogens (tertiary/aromatic N) is 3. The minimum Gasteiger partial charge on any atom is -0.404 e. The number of nitrogens with one attached hydrogen (secondary N) is 1. The lowest BCUT2D eigenvalue weighted by molar-refractivity contribution is 0.331. The number of rotatable bonds is 8. The molecule has 0 bridgehead atoms. The van der Waals surface area contributed by atoms with Gasteiger partial charge in [-0.3, -0.25) is 9.89 Å². The van der Waals surface area contributed by atoms with Gasteiger partial charge >= 0.3 is 0 Å². The number of nitrogens with two attached hydrogens (primary N) is 4. The van der Waals surface area contributed by atoms with Gasteiger partial charge in [-0.25, -0.2) is 10.8 Å². The monoisotopic (exact) mass is 394 g/mol. The summed E-state index contributed by atoms with van der Waals surface area (Å²) in [5.74, 6) is 6.13. The summed E-state index contributed by atoms with van der Waals surface area (Å²) in [6.07, 6.45) is 6.39. The second-order valence-electron chi connectivity index (χ2n) is 7.30. The van der Waals surface area contributed by atoms with Gasteiger partial charge < -0.3 is 22.6 Å². The number of allylic oxidation sites excluding steroid dienone is 1. The van der Waals surface area contributed by atoms with Gasteiger partial charge in [-0.2, -0.15) is 0 Å². The second kappa shape index (κ2) is 9.90. The van der Waals surface area contributed by atoms with E-state index in [2.05, 4.69) is 44.6 Å². The number of anilines is 3. The smallest absolute Gasteiger partial charge is 0.165 e. The highest BCUT2D eigenvalue weighted by Gasteiger charge is 2.12. The van der Waals surface area contributed by atoms with Crippen LogP contribution in [0, 0.1) is 0 Å². The maximum atomic E-state index is 6.09. The standard InChI is InChI=1S/C21H30N8/c22-11-17(9-18-10-19(23)27-21(28-25)20(18)24)13-26-12-15-4-3-5-16(8-15)14-29-6-1-2-7-29/h3-5,8,10-11,13H,1-2,6-7,9,12,14,22,24-25H2,(H3,23,27,28). The SMILES string of the molecule is NC=C(C=NCc1cccc(CN2CCCC2)c1)Cc1cc(N)nc(NN)c1N. The molecule has 1 saturated heterocycles. The Labute approximate surface area is 171 Å². The van der Waals surface area contributed by atoms with Gasteiger partial charge in [0.25, 0.3) is 0 Å². The Balaban J connectivity index is 1.62. The molecule has 3 rings (SSSR count). The molecule has 2 heterocycles. The zero-order chi connectivity index (χ0) is 20.6. The summed E-state index contributed by atoms with van der Waals surface area (Å²) >= 11 is 0. The molecule has 0 spiro atoms. The van der Waals surface area contributed by atoms with Crippen LogP contribution in [0.5, 0.6) is 0 Å². The van der Waals surface area contributed by atoms with Crippen molar-refractivity contribution in [2.45, 2.75) is 32.4 Å². The number of hydrogen-bond donors (Lipinski definition) is 5. The van der Waals surface area contributed by atoms with Crippen molar-refractivity contribution < 1.29 is 0 Å². The van der Waals surface area contributed by atoms with E-state index in [0.717, 1.165) is 17.7 Å². The number of aromatic nitrogens is 1. The Morgan fingerprint density at radius 1 is 1.17 bits per heavy atom. The molecule has 1 fully saturated rings. The van der Waals surface area contributed by atoms with Gasteiger partial charge in [-0.1, -0.05) is 24.3 Å². The van der Waals surface area contributed by atoms with Crippen LogP contribution in [0.1, 0.15) is 29.5 Å². The highest BCUT2D eigenvalue weighted by Crippen LogP contribution is 2.24. The summed E-state index contributed by atoms with van der Waals surface area (Å²) in [6.45, 7) is 3.98. The van der Waals surface area contributed by atoms with E-state index >= 15 is 0 Å². The molecule has 1 aromatic heterocycles. The third-order valence-corrected chi connectivity index (χ3v) is 5.04. The molecule has 2 aromatic rings. The van der Waals surface area contributed by atoms with Crippen LogP contribution in [0.2, 0.25) is 0 Å². The fourth-order valence-electron chi connectivity index (χ4n) is 3.55. The minimum atomic E-state index is 0.338. The summed E-state index contributed by atoms with van der Waals surface area (Å²) < 4.78 is 0. The van der Waals surface area contributed by atoms with Crippen LogP contribution in [0.25, 0.3) is 0 Å². The molecule has 0 radical (unpaired) electrons. The Morgan fingerprint density at radius 3 is 2.66 bits per heavy atom. The molecule has 1 aromatic carbocycles. The number of hydrazine groups is 1. The summed E-state index contributed by atoms with van der Waals surface area (Å²) in [5.41, 5.74) is 24.7. The van der Waals surface area contributed by atoms with Gasteiger partial charge in [0.1, 0.15) is 5.82 Å². The normalized spacial score (nSPS) is 15.3. The van der Waals surface area contributed by atoms with Crippen molar-refractivity contribution in [2.24, 2.45) is 16.6 Å². The Bertz CT molecular complexity index is 884. The molecule has 1 aliphatic rings. The molecule has 0 aliphatic carbocycles. The lowest BCUT2D eigenvalue weighted by Gasteiger charge is -2.14. The zero-order valence-electron chi connectivity index (χ0n) is 16.6. The maximum Gasteiger partial charge on any atom is 0.165 e. The maximum absolute atomic E-state index is 6.09.